The van der Waals surface area contributed by atoms with E-state index in [4.69, 9.17) is 16.3 Å². The van der Waals surface area contributed by atoms with Crippen molar-refractivity contribution in [3.63, 3.8) is 0 Å². The molecule has 0 aliphatic carbocycles. The highest BCUT2D eigenvalue weighted by Crippen LogP contribution is 2.33. The summed E-state index contributed by atoms with van der Waals surface area (Å²) in [5.41, 5.74) is -4.03. The van der Waals surface area contributed by atoms with E-state index in [1.54, 1.807) is 12.2 Å². The number of benzene rings is 2. The maximum atomic E-state index is 12.8. The van der Waals surface area contributed by atoms with Crippen LogP contribution in [0, 0.1) is 0 Å². The minimum Gasteiger partial charge on any atom is -0.381 e. The van der Waals surface area contributed by atoms with Crippen molar-refractivity contribution in [1.82, 2.24) is 0 Å². The monoisotopic (exact) mass is 558 g/mol. The van der Waals surface area contributed by atoms with Crippen LogP contribution in [0.15, 0.2) is 52.3 Å². The molecule has 0 saturated heterocycles. The first-order chi connectivity index (χ1) is 16.0. The number of rotatable bonds is 10. The Morgan fingerprint density at radius 1 is 1.06 bits per heavy atom. The number of amides is 1. The summed E-state index contributed by atoms with van der Waals surface area (Å²) in [6, 6.07) is 7.72. The Kier molecular flexibility index (Phi) is 8.82. The van der Waals surface area contributed by atoms with Gasteiger partial charge in [0.05, 0.1) is 32.9 Å². The third-order valence-corrected chi connectivity index (χ3v) is 8.05. The number of carbonyl (C=O) groups is 1. The van der Waals surface area contributed by atoms with Gasteiger partial charge in [-0.05, 0) is 56.3 Å². The fourth-order valence-electron chi connectivity index (χ4n) is 2.51. The highest BCUT2D eigenvalue weighted by atomic mass is 35.5. The van der Waals surface area contributed by atoms with Gasteiger partial charge in [-0.15, -0.1) is 0 Å². The Morgan fingerprint density at radius 2 is 1.63 bits per heavy atom. The van der Waals surface area contributed by atoms with Crippen LogP contribution < -0.4 is 10.0 Å². The largest absolute Gasteiger partial charge is 0.426 e. The Morgan fingerprint density at radius 3 is 2.14 bits per heavy atom. The molecule has 15 heteroatoms. The number of sulfone groups is 1. The fraction of sp³-hybridized carbons (Fsp3) is 0.350. The van der Waals surface area contributed by atoms with Crippen LogP contribution in [0.1, 0.15) is 13.8 Å². The van der Waals surface area contributed by atoms with Crippen LogP contribution in [0.3, 0.4) is 0 Å². The van der Waals surface area contributed by atoms with Gasteiger partial charge in [0.1, 0.15) is 0 Å². The molecular formula is C20H22ClF3N2O7S2. The normalized spacial score (nSPS) is 14.3. The van der Waals surface area contributed by atoms with Crippen LogP contribution in [-0.2, 0) is 29.4 Å². The van der Waals surface area contributed by atoms with Crippen LogP contribution in [0.4, 0.5) is 24.5 Å². The minimum absolute atomic E-state index is 0.0121. The lowest BCUT2D eigenvalue weighted by Crippen LogP contribution is -2.52. The van der Waals surface area contributed by atoms with Crippen LogP contribution in [0.25, 0.3) is 0 Å². The fourth-order valence-corrected chi connectivity index (χ4v) is 5.01. The summed E-state index contributed by atoms with van der Waals surface area (Å²) in [4.78, 5) is 11.4. The Balaban J connectivity index is 2.17. The molecular weight excluding hydrogens is 537 g/mol. The maximum Gasteiger partial charge on any atom is 0.426 e. The Bertz CT molecular complexity index is 1280. The third-order valence-electron chi connectivity index (χ3n) is 4.66. The van der Waals surface area contributed by atoms with E-state index in [1.165, 1.54) is 24.3 Å². The van der Waals surface area contributed by atoms with Crippen molar-refractivity contribution < 1.29 is 44.6 Å². The summed E-state index contributed by atoms with van der Waals surface area (Å²) in [6.45, 7) is 2.36. The van der Waals surface area contributed by atoms with E-state index in [9.17, 15) is 39.9 Å². The topological polar surface area (TPSA) is 139 Å². The van der Waals surface area contributed by atoms with Gasteiger partial charge in [-0.1, -0.05) is 11.6 Å². The summed E-state index contributed by atoms with van der Waals surface area (Å²) in [5, 5.41) is 10.8. The molecule has 2 rings (SSSR count). The van der Waals surface area contributed by atoms with E-state index in [-0.39, 0.29) is 35.6 Å². The molecule has 0 fully saturated rings. The van der Waals surface area contributed by atoms with E-state index in [2.05, 4.69) is 4.72 Å². The number of nitrogens with one attached hydrogen (secondary N) is 2. The van der Waals surface area contributed by atoms with Gasteiger partial charge in [0.2, 0.25) is 5.60 Å². The zero-order valence-corrected chi connectivity index (χ0v) is 20.8. The lowest BCUT2D eigenvalue weighted by Gasteiger charge is -2.25. The van der Waals surface area contributed by atoms with Gasteiger partial charge in [-0.2, -0.15) is 13.2 Å². The van der Waals surface area contributed by atoms with Crippen molar-refractivity contribution in [3.8, 4) is 0 Å². The molecule has 0 radical (unpaired) electrons. The molecule has 0 aliphatic heterocycles. The number of alkyl halides is 3. The van der Waals surface area contributed by atoms with Crippen LogP contribution >= 0.6 is 11.6 Å². The van der Waals surface area contributed by atoms with Gasteiger partial charge in [0.25, 0.3) is 15.9 Å². The van der Waals surface area contributed by atoms with Crippen molar-refractivity contribution in [2.75, 3.05) is 29.0 Å². The molecule has 194 valence electrons. The zero-order valence-electron chi connectivity index (χ0n) is 18.4. The second-order valence-electron chi connectivity index (χ2n) is 7.31. The van der Waals surface area contributed by atoms with E-state index < -0.39 is 47.5 Å². The highest BCUT2D eigenvalue weighted by Gasteiger charge is 2.55. The molecule has 0 aromatic heterocycles. The second-order valence-corrected chi connectivity index (χ2v) is 11.5. The van der Waals surface area contributed by atoms with Gasteiger partial charge < -0.3 is 15.2 Å². The highest BCUT2D eigenvalue weighted by molar-refractivity contribution is 7.92. The lowest BCUT2D eigenvalue weighted by atomic mass is 10.1. The van der Waals surface area contributed by atoms with Crippen molar-refractivity contribution in [2.24, 2.45) is 0 Å². The summed E-state index contributed by atoms with van der Waals surface area (Å²) >= 11 is 5.92. The van der Waals surface area contributed by atoms with E-state index in [0.29, 0.717) is 6.61 Å². The first-order valence-electron chi connectivity index (χ1n) is 9.85. The summed E-state index contributed by atoms with van der Waals surface area (Å²) in [5.74, 6) is -2.05. The molecule has 1 atom stereocenters. The second kappa shape index (κ2) is 10.7. The number of carbonyl (C=O) groups excluding carboxylic acids is 1. The molecule has 9 nitrogen and oxygen atoms in total. The van der Waals surface area contributed by atoms with Crippen LogP contribution in [0.5, 0.6) is 0 Å². The Labute approximate surface area is 205 Å². The molecule has 0 saturated carbocycles. The van der Waals surface area contributed by atoms with Crippen molar-refractivity contribution in [2.45, 2.75) is 35.4 Å². The molecule has 1 amide bonds. The average molecular weight is 559 g/mol. The van der Waals surface area contributed by atoms with Crippen molar-refractivity contribution in [3.05, 3.63) is 47.5 Å². The Hall–Kier alpha value is -2.39. The maximum absolute atomic E-state index is 12.8. The van der Waals surface area contributed by atoms with E-state index in [1.807, 2.05) is 0 Å². The first kappa shape index (κ1) is 28.8. The van der Waals surface area contributed by atoms with Gasteiger partial charge in [0, 0.05) is 12.3 Å². The zero-order chi connectivity index (χ0) is 26.7. The minimum atomic E-state index is -5.26. The quantitative estimate of drug-likeness (QED) is 0.381. The standard InChI is InChI=1S/C20H22ClF3N2O7S2/c1-3-33-10-11-34(29,30)14-6-4-13(5-7-14)26-35(31,32)15-8-9-17(16(21)12-15)25-18(27)19(2,28)20(22,23)24/h4-9,12,26,28H,3,10-11H2,1-2H3,(H,25,27)/t19-/m1/s1. The first-order valence-corrected chi connectivity index (χ1v) is 13.4. The number of anilines is 2. The number of sulfonamides is 1. The van der Waals surface area contributed by atoms with E-state index >= 15 is 0 Å². The SMILES string of the molecule is CCOCCS(=O)(=O)c1ccc(NS(=O)(=O)c2ccc(NC(=O)[C@@](C)(O)C(F)(F)F)c(Cl)c2)cc1. The molecule has 0 spiro atoms. The van der Waals surface area contributed by atoms with Gasteiger partial charge in [-0.25, -0.2) is 16.8 Å². The number of halogens is 4. The summed E-state index contributed by atoms with van der Waals surface area (Å²) < 4.78 is 95.5. The average Bonchev–Trinajstić information content (AvgIpc) is 2.74. The van der Waals surface area contributed by atoms with Gasteiger partial charge in [-0.3, -0.25) is 9.52 Å². The molecule has 2 aromatic carbocycles. The molecule has 0 unspecified atom stereocenters. The van der Waals surface area contributed by atoms with Gasteiger partial charge in [0.15, 0.2) is 9.84 Å². The van der Waals surface area contributed by atoms with Crippen molar-refractivity contribution >= 4 is 48.7 Å². The number of hydrogen-bond acceptors (Lipinski definition) is 7. The summed E-state index contributed by atoms with van der Waals surface area (Å²) in [7, 11) is -7.87. The summed E-state index contributed by atoms with van der Waals surface area (Å²) in [6.07, 6.45) is -5.26. The predicted octanol–water partition coefficient (Wildman–Crippen LogP) is 3.20. The van der Waals surface area contributed by atoms with Gasteiger partial charge >= 0.3 is 6.18 Å². The third kappa shape index (κ3) is 7.07. The lowest BCUT2D eigenvalue weighted by molar-refractivity contribution is -0.242. The number of hydrogen-bond donors (Lipinski definition) is 3. The predicted molar refractivity (Wildman–Crippen MR) is 123 cm³/mol. The molecule has 3 N–H and O–H groups in total. The number of aliphatic hydroxyl groups is 1. The van der Waals surface area contributed by atoms with E-state index in [0.717, 1.165) is 18.2 Å². The number of ether oxygens (including phenoxy) is 1. The molecule has 0 bridgehead atoms. The molecule has 0 aliphatic rings. The van der Waals surface area contributed by atoms with Crippen LogP contribution in [0.2, 0.25) is 5.02 Å². The molecule has 2 aromatic rings. The van der Waals surface area contributed by atoms with Crippen molar-refractivity contribution in [1.29, 1.82) is 0 Å². The molecule has 35 heavy (non-hydrogen) atoms. The smallest absolute Gasteiger partial charge is 0.381 e. The molecule has 0 heterocycles. The van der Waals surface area contributed by atoms with Crippen LogP contribution in [-0.4, -0.2) is 58.6 Å².